The summed E-state index contributed by atoms with van der Waals surface area (Å²) < 4.78 is 5.25. The number of nitrogens with zero attached hydrogens (tertiary/aromatic N) is 1. The molecule has 0 spiro atoms. The number of aliphatic carboxylic acids is 1. The first kappa shape index (κ1) is 16.8. The molecule has 1 aromatic rings. The average Bonchev–Trinajstić information content (AvgIpc) is 2.54. The number of aryl methyl sites for hydroxylation is 1. The Kier molecular flexibility index (Phi) is 5.56. The summed E-state index contributed by atoms with van der Waals surface area (Å²) >= 11 is 0. The molecule has 0 saturated carbocycles. The number of para-hydroxylation sites is 1. The zero-order valence-corrected chi connectivity index (χ0v) is 12.9. The van der Waals surface area contributed by atoms with Gasteiger partial charge >= 0.3 is 5.97 Å². The molecule has 1 aliphatic heterocycles. The third kappa shape index (κ3) is 4.21. The van der Waals surface area contributed by atoms with Crippen molar-refractivity contribution in [1.29, 1.82) is 0 Å². The Hall–Kier alpha value is -2.57. The minimum Gasteiger partial charge on any atom is -0.496 e. The van der Waals surface area contributed by atoms with Crippen LogP contribution in [0.3, 0.4) is 0 Å². The van der Waals surface area contributed by atoms with Crippen molar-refractivity contribution in [3.05, 3.63) is 29.8 Å². The van der Waals surface area contributed by atoms with Crippen molar-refractivity contribution >= 4 is 17.8 Å². The Labute approximate surface area is 134 Å². The van der Waals surface area contributed by atoms with E-state index in [-0.39, 0.29) is 18.7 Å². The maximum absolute atomic E-state index is 12.4. The second-order valence-corrected chi connectivity index (χ2v) is 5.30. The fourth-order valence-corrected chi connectivity index (χ4v) is 2.68. The lowest BCUT2D eigenvalue weighted by Gasteiger charge is -2.34. The van der Waals surface area contributed by atoms with E-state index in [0.29, 0.717) is 25.3 Å². The second-order valence-electron chi connectivity index (χ2n) is 5.30. The number of rotatable bonds is 6. The third-order valence-electron chi connectivity index (χ3n) is 3.82. The van der Waals surface area contributed by atoms with Gasteiger partial charge in [-0.3, -0.25) is 14.4 Å². The van der Waals surface area contributed by atoms with Gasteiger partial charge in [-0.2, -0.15) is 0 Å². The molecule has 1 fully saturated rings. The molecule has 0 aliphatic carbocycles. The molecule has 0 bridgehead atoms. The summed E-state index contributed by atoms with van der Waals surface area (Å²) in [5, 5.41) is 11.5. The Morgan fingerprint density at radius 1 is 1.39 bits per heavy atom. The van der Waals surface area contributed by atoms with Crippen LogP contribution >= 0.6 is 0 Å². The van der Waals surface area contributed by atoms with Gasteiger partial charge in [0.25, 0.3) is 0 Å². The van der Waals surface area contributed by atoms with Crippen LogP contribution in [-0.2, 0) is 20.8 Å². The zero-order chi connectivity index (χ0) is 16.8. The summed E-state index contributed by atoms with van der Waals surface area (Å²) in [5.41, 5.74) is 0.902. The minimum absolute atomic E-state index is 0.198. The molecule has 1 saturated heterocycles. The second kappa shape index (κ2) is 7.62. The van der Waals surface area contributed by atoms with Crippen molar-refractivity contribution in [3.8, 4) is 5.75 Å². The maximum atomic E-state index is 12.4. The number of hydrogen-bond donors (Lipinski definition) is 2. The van der Waals surface area contributed by atoms with Crippen molar-refractivity contribution < 1.29 is 24.2 Å². The number of carboxylic acids is 1. The molecule has 23 heavy (non-hydrogen) atoms. The third-order valence-corrected chi connectivity index (χ3v) is 3.82. The number of carbonyl (C=O) groups excluding carboxylic acids is 2. The van der Waals surface area contributed by atoms with Crippen LogP contribution in [0.2, 0.25) is 0 Å². The molecular weight excluding hydrogens is 300 g/mol. The van der Waals surface area contributed by atoms with Crippen molar-refractivity contribution in [2.24, 2.45) is 0 Å². The number of hydrogen-bond acceptors (Lipinski definition) is 4. The van der Waals surface area contributed by atoms with E-state index >= 15 is 0 Å². The highest BCUT2D eigenvalue weighted by molar-refractivity contribution is 5.91. The van der Waals surface area contributed by atoms with E-state index in [9.17, 15) is 14.4 Å². The number of benzene rings is 1. The van der Waals surface area contributed by atoms with Gasteiger partial charge in [0, 0.05) is 19.5 Å². The lowest BCUT2D eigenvalue weighted by molar-refractivity contribution is -0.148. The normalized spacial score (nSPS) is 17.5. The summed E-state index contributed by atoms with van der Waals surface area (Å²) in [6, 6.07) is 6.48. The van der Waals surface area contributed by atoms with Crippen LogP contribution in [0, 0.1) is 0 Å². The van der Waals surface area contributed by atoms with E-state index in [4.69, 9.17) is 9.84 Å². The van der Waals surface area contributed by atoms with Crippen LogP contribution in [-0.4, -0.2) is 54.0 Å². The molecule has 2 N–H and O–H groups in total. The lowest BCUT2D eigenvalue weighted by atomic mass is 10.0. The quantitative estimate of drug-likeness (QED) is 0.792. The summed E-state index contributed by atoms with van der Waals surface area (Å²) in [6.45, 7) is 0.670. The maximum Gasteiger partial charge on any atom is 0.305 e. The first-order chi connectivity index (χ1) is 11.0. The van der Waals surface area contributed by atoms with Crippen LogP contribution in [0.4, 0.5) is 0 Å². The highest BCUT2D eigenvalue weighted by Gasteiger charge is 2.34. The van der Waals surface area contributed by atoms with E-state index in [1.165, 1.54) is 4.90 Å². The molecule has 1 aromatic carbocycles. The monoisotopic (exact) mass is 320 g/mol. The molecule has 0 radical (unpaired) electrons. The number of ether oxygens (including phenoxy) is 1. The van der Waals surface area contributed by atoms with E-state index in [0.717, 1.165) is 5.56 Å². The smallest absolute Gasteiger partial charge is 0.305 e. The van der Waals surface area contributed by atoms with Gasteiger partial charge in [-0.15, -0.1) is 0 Å². The number of piperazine rings is 1. The molecule has 7 nitrogen and oxygen atoms in total. The Morgan fingerprint density at radius 3 is 2.83 bits per heavy atom. The van der Waals surface area contributed by atoms with Crippen molar-refractivity contribution in [1.82, 2.24) is 10.2 Å². The molecule has 1 atom stereocenters. The molecule has 1 aliphatic rings. The molecule has 2 rings (SSSR count). The molecule has 7 heteroatoms. The lowest BCUT2D eigenvalue weighted by Crippen LogP contribution is -2.57. The van der Waals surface area contributed by atoms with E-state index < -0.39 is 17.9 Å². The molecular formula is C16H20N2O5. The van der Waals surface area contributed by atoms with Gasteiger partial charge in [-0.25, -0.2) is 0 Å². The van der Waals surface area contributed by atoms with Gasteiger partial charge in [0.2, 0.25) is 11.8 Å². The first-order valence-electron chi connectivity index (χ1n) is 7.43. The molecule has 0 aromatic heterocycles. The number of carbonyl (C=O) groups is 3. The Morgan fingerprint density at radius 2 is 2.13 bits per heavy atom. The van der Waals surface area contributed by atoms with Crippen LogP contribution in [0.1, 0.15) is 18.4 Å². The van der Waals surface area contributed by atoms with E-state index in [1.54, 1.807) is 7.11 Å². The van der Waals surface area contributed by atoms with Gasteiger partial charge in [-0.1, -0.05) is 18.2 Å². The summed E-state index contributed by atoms with van der Waals surface area (Å²) in [5.74, 6) is -1.03. The number of carboxylic acid groups (broad SMARTS) is 1. The van der Waals surface area contributed by atoms with Gasteiger partial charge in [-0.05, 0) is 18.1 Å². The van der Waals surface area contributed by atoms with Crippen LogP contribution < -0.4 is 10.1 Å². The number of methoxy groups -OCH3 is 1. The Bertz CT molecular complexity index is 602. The Balaban J connectivity index is 2.03. The molecule has 1 heterocycles. The fraction of sp³-hybridized carbons (Fsp3) is 0.438. The zero-order valence-electron chi connectivity index (χ0n) is 12.9. The van der Waals surface area contributed by atoms with E-state index in [2.05, 4.69) is 5.32 Å². The highest BCUT2D eigenvalue weighted by Crippen LogP contribution is 2.20. The van der Waals surface area contributed by atoms with Crippen LogP contribution in [0.5, 0.6) is 5.75 Å². The minimum atomic E-state index is -1.10. The molecule has 0 unspecified atom stereocenters. The number of nitrogens with one attached hydrogen (secondary N) is 1. The van der Waals surface area contributed by atoms with Gasteiger partial charge in [0.1, 0.15) is 11.8 Å². The molecule has 124 valence electrons. The first-order valence-corrected chi connectivity index (χ1v) is 7.43. The topological polar surface area (TPSA) is 95.9 Å². The predicted molar refractivity (Wildman–Crippen MR) is 82.1 cm³/mol. The largest absolute Gasteiger partial charge is 0.496 e. The SMILES string of the molecule is COc1ccccc1CCC(=O)N1CCNC(=O)[C@H]1CC(=O)O. The predicted octanol–water partition coefficient (Wildman–Crippen LogP) is 0.429. The number of amides is 2. The highest BCUT2D eigenvalue weighted by atomic mass is 16.5. The van der Waals surface area contributed by atoms with Gasteiger partial charge in [0.05, 0.1) is 13.5 Å². The standard InChI is InChI=1S/C16H20N2O5/c1-23-13-5-3-2-4-11(13)6-7-14(19)18-9-8-17-16(22)12(18)10-15(20)21/h2-5,12H,6-10H2,1H3,(H,17,22)(H,20,21)/t12-/m1/s1. The summed E-state index contributed by atoms with van der Waals surface area (Å²) in [7, 11) is 1.57. The van der Waals surface area contributed by atoms with Crippen molar-refractivity contribution in [3.63, 3.8) is 0 Å². The van der Waals surface area contributed by atoms with E-state index in [1.807, 2.05) is 24.3 Å². The summed E-state index contributed by atoms with van der Waals surface area (Å²) in [6.07, 6.45) is 0.288. The average molecular weight is 320 g/mol. The molecule has 2 amide bonds. The van der Waals surface area contributed by atoms with Crippen molar-refractivity contribution in [2.45, 2.75) is 25.3 Å². The fourth-order valence-electron chi connectivity index (χ4n) is 2.68. The van der Waals surface area contributed by atoms with Crippen LogP contribution in [0.15, 0.2) is 24.3 Å². The van der Waals surface area contributed by atoms with Crippen LogP contribution in [0.25, 0.3) is 0 Å². The van der Waals surface area contributed by atoms with Crippen molar-refractivity contribution in [2.75, 3.05) is 20.2 Å². The summed E-state index contributed by atoms with van der Waals surface area (Å²) in [4.78, 5) is 36.5. The van der Waals surface area contributed by atoms with Gasteiger partial charge in [0.15, 0.2) is 0 Å². The van der Waals surface area contributed by atoms with Gasteiger partial charge < -0.3 is 20.1 Å².